The molecule has 192 valence electrons. The van der Waals surface area contributed by atoms with Gasteiger partial charge in [0.15, 0.2) is 11.9 Å². The Bertz CT molecular complexity index is 1600. The fourth-order valence-electron chi connectivity index (χ4n) is 5.22. The van der Waals surface area contributed by atoms with E-state index in [0.717, 1.165) is 22.3 Å². The first-order chi connectivity index (χ1) is 19.0. The van der Waals surface area contributed by atoms with Crippen LogP contribution in [0.3, 0.4) is 0 Å². The maximum atomic E-state index is 13.3. The minimum Gasteiger partial charge on any atom is -0.489 e. The van der Waals surface area contributed by atoms with Crippen molar-refractivity contribution in [3.05, 3.63) is 144 Å². The predicted octanol–water partition coefficient (Wildman–Crippen LogP) is 6.90. The van der Waals surface area contributed by atoms with Crippen LogP contribution in [0.1, 0.15) is 39.6 Å². The van der Waals surface area contributed by atoms with Gasteiger partial charge in [0.2, 0.25) is 0 Å². The summed E-state index contributed by atoms with van der Waals surface area (Å²) < 4.78 is 12.7. The van der Waals surface area contributed by atoms with Crippen molar-refractivity contribution in [3.8, 4) is 16.9 Å². The number of aliphatic carboxylic acids is 1. The minimum atomic E-state index is -1.20. The summed E-state index contributed by atoms with van der Waals surface area (Å²) >= 11 is 0. The van der Waals surface area contributed by atoms with Gasteiger partial charge in [0, 0.05) is 12.0 Å². The number of hydrogen-bond acceptors (Lipinski definition) is 4. The van der Waals surface area contributed by atoms with Gasteiger partial charge in [-0.05, 0) is 40.0 Å². The normalized spacial score (nSPS) is 18.2. The van der Waals surface area contributed by atoms with Gasteiger partial charge in [-0.25, -0.2) is 4.79 Å². The monoisotopic (exact) mass is 514 g/mol. The molecule has 5 nitrogen and oxygen atoms in total. The molecular formula is C34H26O5. The molecule has 0 aromatic heterocycles. The van der Waals surface area contributed by atoms with Crippen molar-refractivity contribution in [2.75, 3.05) is 6.61 Å². The molecule has 0 aliphatic heterocycles. The molecule has 2 aliphatic carbocycles. The zero-order chi connectivity index (χ0) is 26.8. The standard InChI is InChI=1S/C34H26O5/c35-31-28-15-8-7-14-26(28)27-16-9-17-29(30(27)31)38-22-34(39-32(33(36)37)25-12-5-2-6-13-25)20-18-24(19-21-34)23-10-3-1-4-11-23/h1-20,32H,21-22H2,(H,36,37). The molecule has 0 fully saturated rings. The quantitative estimate of drug-likeness (QED) is 0.244. The number of benzene rings is 4. The Morgan fingerprint density at radius 3 is 2.18 bits per heavy atom. The maximum absolute atomic E-state index is 13.3. The first-order valence-electron chi connectivity index (χ1n) is 12.8. The Labute approximate surface area is 226 Å². The molecule has 5 heteroatoms. The maximum Gasteiger partial charge on any atom is 0.337 e. The molecule has 0 bridgehead atoms. The highest BCUT2D eigenvalue weighted by Crippen LogP contribution is 2.42. The average molecular weight is 515 g/mol. The molecule has 0 saturated heterocycles. The second kappa shape index (κ2) is 10.2. The second-order valence-corrected chi connectivity index (χ2v) is 9.72. The van der Waals surface area contributed by atoms with Crippen LogP contribution in [-0.4, -0.2) is 29.1 Å². The van der Waals surface area contributed by atoms with Crippen LogP contribution in [-0.2, 0) is 9.53 Å². The van der Waals surface area contributed by atoms with E-state index >= 15 is 0 Å². The molecule has 0 amide bonds. The fourth-order valence-corrected chi connectivity index (χ4v) is 5.22. The highest BCUT2D eigenvalue weighted by Gasteiger charge is 2.38. The fraction of sp³-hybridized carbons (Fsp3) is 0.118. The number of rotatable bonds is 8. The molecule has 4 aromatic carbocycles. The van der Waals surface area contributed by atoms with E-state index in [4.69, 9.17) is 9.47 Å². The van der Waals surface area contributed by atoms with Crippen molar-refractivity contribution < 1.29 is 24.2 Å². The van der Waals surface area contributed by atoms with E-state index in [1.165, 1.54) is 0 Å². The SMILES string of the molecule is O=C1c2ccccc2-c2cccc(OCC3(OC(C(=O)O)c4ccccc4)C=CC(c4ccccc4)=CC3)c21. The first-order valence-corrected chi connectivity index (χ1v) is 12.8. The van der Waals surface area contributed by atoms with E-state index in [1.54, 1.807) is 30.3 Å². The van der Waals surface area contributed by atoms with Gasteiger partial charge in [-0.3, -0.25) is 4.79 Å². The Morgan fingerprint density at radius 2 is 1.49 bits per heavy atom. The van der Waals surface area contributed by atoms with Gasteiger partial charge in [0.05, 0.1) is 5.56 Å². The van der Waals surface area contributed by atoms with Gasteiger partial charge >= 0.3 is 5.97 Å². The number of ketones is 1. The Hall–Kier alpha value is -4.74. The Kier molecular flexibility index (Phi) is 6.43. The third-order valence-corrected chi connectivity index (χ3v) is 7.21. The van der Waals surface area contributed by atoms with Crippen LogP contribution in [0, 0.1) is 0 Å². The lowest BCUT2D eigenvalue weighted by Crippen LogP contribution is -2.41. The number of hydrogen-bond donors (Lipinski definition) is 1. The summed E-state index contributed by atoms with van der Waals surface area (Å²) in [6, 6.07) is 32.0. The zero-order valence-corrected chi connectivity index (χ0v) is 21.1. The second-order valence-electron chi connectivity index (χ2n) is 9.72. The molecule has 39 heavy (non-hydrogen) atoms. The van der Waals surface area contributed by atoms with Crippen LogP contribution in [0.4, 0.5) is 0 Å². The van der Waals surface area contributed by atoms with Crippen molar-refractivity contribution in [2.24, 2.45) is 0 Å². The summed E-state index contributed by atoms with van der Waals surface area (Å²) in [4.78, 5) is 25.6. The van der Waals surface area contributed by atoms with E-state index in [9.17, 15) is 14.7 Å². The molecule has 0 saturated carbocycles. The lowest BCUT2D eigenvalue weighted by atomic mass is 9.89. The van der Waals surface area contributed by atoms with Crippen LogP contribution in [0.5, 0.6) is 5.75 Å². The molecule has 4 aromatic rings. The predicted molar refractivity (Wildman–Crippen MR) is 150 cm³/mol. The van der Waals surface area contributed by atoms with Crippen molar-refractivity contribution in [2.45, 2.75) is 18.1 Å². The highest BCUT2D eigenvalue weighted by atomic mass is 16.6. The van der Waals surface area contributed by atoms with Crippen molar-refractivity contribution in [3.63, 3.8) is 0 Å². The number of carbonyl (C=O) groups is 2. The number of carbonyl (C=O) groups excluding carboxylic acids is 1. The lowest BCUT2D eigenvalue weighted by Gasteiger charge is -2.35. The van der Waals surface area contributed by atoms with Crippen LogP contribution in [0.15, 0.2) is 121 Å². The highest BCUT2D eigenvalue weighted by molar-refractivity contribution is 6.23. The smallest absolute Gasteiger partial charge is 0.337 e. The van der Waals surface area contributed by atoms with E-state index in [2.05, 4.69) is 0 Å². The van der Waals surface area contributed by atoms with Crippen molar-refractivity contribution >= 4 is 17.3 Å². The number of allylic oxidation sites excluding steroid dienone is 2. The van der Waals surface area contributed by atoms with Gasteiger partial charge in [0.1, 0.15) is 18.0 Å². The summed E-state index contributed by atoms with van der Waals surface area (Å²) in [6.45, 7) is 0.0265. The molecule has 2 atom stereocenters. The van der Waals surface area contributed by atoms with Gasteiger partial charge in [0.25, 0.3) is 0 Å². The minimum absolute atomic E-state index is 0.0265. The summed E-state index contributed by atoms with van der Waals surface area (Å²) in [5, 5.41) is 10.1. The van der Waals surface area contributed by atoms with Crippen LogP contribution in [0.2, 0.25) is 0 Å². The van der Waals surface area contributed by atoms with Gasteiger partial charge < -0.3 is 14.6 Å². The van der Waals surface area contributed by atoms with Gasteiger partial charge in [-0.2, -0.15) is 0 Å². The molecule has 2 unspecified atom stereocenters. The van der Waals surface area contributed by atoms with E-state index in [0.29, 0.717) is 28.9 Å². The molecule has 1 N–H and O–H groups in total. The zero-order valence-electron chi connectivity index (χ0n) is 21.1. The van der Waals surface area contributed by atoms with E-state index in [-0.39, 0.29) is 12.4 Å². The number of carboxylic acids is 1. The molecule has 2 aliphatic rings. The average Bonchev–Trinajstić information content (AvgIpc) is 3.28. The van der Waals surface area contributed by atoms with Crippen LogP contribution < -0.4 is 4.74 Å². The van der Waals surface area contributed by atoms with Gasteiger partial charge in [-0.1, -0.05) is 109 Å². The molecule has 0 heterocycles. The van der Waals surface area contributed by atoms with Crippen molar-refractivity contribution in [1.29, 1.82) is 0 Å². The lowest BCUT2D eigenvalue weighted by molar-refractivity contribution is -0.163. The summed E-state index contributed by atoms with van der Waals surface area (Å²) in [5.74, 6) is -0.711. The van der Waals surface area contributed by atoms with Crippen molar-refractivity contribution in [1.82, 2.24) is 0 Å². The number of carboxylic acid groups (broad SMARTS) is 1. The summed E-state index contributed by atoms with van der Waals surface area (Å²) in [7, 11) is 0. The molecular weight excluding hydrogens is 488 g/mol. The third kappa shape index (κ3) is 4.69. The third-order valence-electron chi connectivity index (χ3n) is 7.21. The van der Waals surface area contributed by atoms with E-state index in [1.807, 2.05) is 91.0 Å². The first kappa shape index (κ1) is 24.6. The summed E-state index contributed by atoms with van der Waals surface area (Å²) in [5.41, 5.74) is 4.44. The number of ether oxygens (including phenoxy) is 2. The van der Waals surface area contributed by atoms with Gasteiger partial charge in [-0.15, -0.1) is 0 Å². The largest absolute Gasteiger partial charge is 0.489 e. The van der Waals surface area contributed by atoms with Crippen LogP contribution >= 0.6 is 0 Å². The topological polar surface area (TPSA) is 72.8 Å². The molecule has 0 spiro atoms. The number of fused-ring (bicyclic) bond motifs is 3. The summed E-state index contributed by atoms with van der Waals surface area (Å²) in [6.07, 6.45) is 5.07. The Balaban J connectivity index is 1.33. The molecule has 0 radical (unpaired) electrons. The van der Waals surface area contributed by atoms with Crippen LogP contribution in [0.25, 0.3) is 16.7 Å². The Morgan fingerprint density at radius 1 is 0.821 bits per heavy atom. The molecule has 6 rings (SSSR count). The van der Waals surface area contributed by atoms with E-state index < -0.39 is 17.7 Å².